The number of carbonyl (C=O) groups is 1. The van der Waals surface area contributed by atoms with Crippen molar-refractivity contribution < 1.29 is 13.9 Å². The normalized spacial score (nSPS) is 19.9. The number of aromatic nitrogens is 2. The van der Waals surface area contributed by atoms with Crippen LogP contribution in [0, 0.1) is 11.2 Å². The number of hydrogen-bond donors (Lipinski definition) is 1. The number of anilines is 1. The Labute approximate surface area is 205 Å². The summed E-state index contributed by atoms with van der Waals surface area (Å²) in [4.78, 5) is 25.3. The van der Waals surface area contributed by atoms with Gasteiger partial charge in [0.05, 0.1) is 17.2 Å². The summed E-state index contributed by atoms with van der Waals surface area (Å²) >= 11 is 0. The van der Waals surface area contributed by atoms with Gasteiger partial charge in [0.2, 0.25) is 11.9 Å². The van der Waals surface area contributed by atoms with Crippen LogP contribution in [0.25, 0.3) is 11.1 Å². The lowest BCUT2D eigenvalue weighted by molar-refractivity contribution is -0.152. The van der Waals surface area contributed by atoms with E-state index in [2.05, 4.69) is 22.1 Å². The minimum absolute atomic E-state index is 0.164. The molecule has 2 N–H and O–H groups in total. The molecular weight excluding hydrogens is 443 g/mol. The van der Waals surface area contributed by atoms with Gasteiger partial charge in [-0.1, -0.05) is 42.5 Å². The number of carbonyl (C=O) groups excluding carboxylic acids is 1. The van der Waals surface area contributed by atoms with E-state index in [1.165, 1.54) is 12.1 Å². The zero-order valence-electron chi connectivity index (χ0n) is 19.8. The van der Waals surface area contributed by atoms with Gasteiger partial charge in [-0.05, 0) is 61.8 Å². The van der Waals surface area contributed by atoms with Crippen molar-refractivity contribution in [3.8, 4) is 11.1 Å². The van der Waals surface area contributed by atoms with Crippen molar-refractivity contribution in [2.75, 3.05) is 25.5 Å². The number of nitrogen functional groups attached to an aromatic ring is 1. The molecule has 1 aromatic heterocycles. The molecule has 0 bridgehead atoms. The van der Waals surface area contributed by atoms with E-state index in [9.17, 15) is 9.18 Å². The van der Waals surface area contributed by atoms with Crippen LogP contribution in [0.1, 0.15) is 49.4 Å². The van der Waals surface area contributed by atoms with Gasteiger partial charge >= 0.3 is 0 Å². The van der Waals surface area contributed by atoms with Gasteiger partial charge in [-0.2, -0.15) is 0 Å². The lowest BCUT2D eigenvalue weighted by atomic mass is 9.73. The van der Waals surface area contributed by atoms with Gasteiger partial charge in [0.15, 0.2) is 0 Å². The summed E-state index contributed by atoms with van der Waals surface area (Å²) in [6, 6.07) is 16.3. The second-order valence-electron chi connectivity index (χ2n) is 9.60. The molecule has 7 heteroatoms. The Balaban J connectivity index is 1.53. The summed E-state index contributed by atoms with van der Waals surface area (Å²) in [5.74, 6) is 0.0361. The number of ether oxygens (including phenoxy) is 1. The lowest BCUT2D eigenvalue weighted by Gasteiger charge is -2.44. The molecule has 35 heavy (non-hydrogen) atoms. The van der Waals surface area contributed by atoms with Crippen molar-refractivity contribution in [2.24, 2.45) is 5.41 Å². The molecule has 0 aliphatic carbocycles. The minimum Gasteiger partial charge on any atom is -0.381 e. The quantitative estimate of drug-likeness (QED) is 0.565. The average molecular weight is 475 g/mol. The molecule has 1 amide bonds. The maximum Gasteiger partial charge on any atom is 0.229 e. The van der Waals surface area contributed by atoms with Gasteiger partial charge in [0, 0.05) is 31.5 Å². The Hall–Kier alpha value is -3.32. The van der Waals surface area contributed by atoms with E-state index < -0.39 is 5.41 Å². The van der Waals surface area contributed by atoms with E-state index in [4.69, 9.17) is 10.5 Å². The smallest absolute Gasteiger partial charge is 0.229 e. The molecule has 1 atom stereocenters. The second-order valence-corrected chi connectivity index (χ2v) is 9.60. The predicted octanol–water partition coefficient (Wildman–Crippen LogP) is 4.96. The highest BCUT2D eigenvalue weighted by Crippen LogP contribution is 2.42. The zero-order chi connectivity index (χ0) is 24.3. The summed E-state index contributed by atoms with van der Waals surface area (Å²) in [7, 11) is 0. The Morgan fingerprint density at radius 1 is 1.09 bits per heavy atom. The summed E-state index contributed by atoms with van der Waals surface area (Å²) in [6.45, 7) is 1.84. The van der Waals surface area contributed by atoms with Gasteiger partial charge in [-0.15, -0.1) is 0 Å². The molecule has 2 aliphatic rings. The molecular formula is C28H31FN4O2. The highest BCUT2D eigenvalue weighted by atomic mass is 19.1. The fourth-order valence-corrected chi connectivity index (χ4v) is 5.49. The summed E-state index contributed by atoms with van der Waals surface area (Å²) in [5.41, 5.74) is 9.01. The van der Waals surface area contributed by atoms with Crippen molar-refractivity contribution in [3.05, 3.63) is 77.9 Å². The fourth-order valence-electron chi connectivity index (χ4n) is 5.49. The van der Waals surface area contributed by atoms with Crippen LogP contribution in [0.2, 0.25) is 0 Å². The predicted molar refractivity (Wildman–Crippen MR) is 133 cm³/mol. The molecule has 0 radical (unpaired) electrons. The van der Waals surface area contributed by atoms with Crippen LogP contribution in [-0.4, -0.2) is 40.5 Å². The Morgan fingerprint density at radius 2 is 1.83 bits per heavy atom. The lowest BCUT2D eigenvalue weighted by Crippen LogP contribution is -2.51. The van der Waals surface area contributed by atoms with Crippen LogP contribution < -0.4 is 5.73 Å². The molecule has 3 aromatic rings. The van der Waals surface area contributed by atoms with Gasteiger partial charge in [-0.3, -0.25) is 4.79 Å². The van der Waals surface area contributed by atoms with E-state index >= 15 is 0 Å². The van der Waals surface area contributed by atoms with Crippen LogP contribution in [0.5, 0.6) is 0 Å². The maximum atomic E-state index is 14.4. The topological polar surface area (TPSA) is 81.3 Å². The molecule has 6 nitrogen and oxygen atoms in total. The van der Waals surface area contributed by atoms with Gasteiger partial charge in [0.25, 0.3) is 0 Å². The van der Waals surface area contributed by atoms with E-state index in [-0.39, 0.29) is 23.7 Å². The molecule has 0 unspecified atom stereocenters. The number of likely N-dealkylation sites (tertiary alicyclic amines) is 1. The molecule has 0 saturated carbocycles. The highest BCUT2D eigenvalue weighted by Gasteiger charge is 2.45. The largest absolute Gasteiger partial charge is 0.381 e. The molecule has 2 saturated heterocycles. The first kappa shape index (κ1) is 23.4. The number of halogens is 1. The van der Waals surface area contributed by atoms with Crippen LogP contribution in [0.4, 0.5) is 10.3 Å². The van der Waals surface area contributed by atoms with Gasteiger partial charge < -0.3 is 15.4 Å². The summed E-state index contributed by atoms with van der Waals surface area (Å²) < 4.78 is 19.3. The molecule has 5 rings (SSSR count). The fraction of sp³-hybridized carbons (Fsp3) is 0.393. The molecule has 182 valence electrons. The number of rotatable bonds is 5. The van der Waals surface area contributed by atoms with Crippen LogP contribution in [0.3, 0.4) is 0 Å². The first-order valence-electron chi connectivity index (χ1n) is 12.4. The van der Waals surface area contributed by atoms with Crippen molar-refractivity contribution in [1.82, 2.24) is 14.9 Å². The van der Waals surface area contributed by atoms with E-state index in [0.29, 0.717) is 39.0 Å². The Morgan fingerprint density at radius 3 is 2.57 bits per heavy atom. The van der Waals surface area contributed by atoms with Gasteiger partial charge in [-0.25, -0.2) is 14.4 Å². The van der Waals surface area contributed by atoms with Crippen LogP contribution in [0.15, 0.2) is 60.8 Å². The number of nitrogens with two attached hydrogens (primary N) is 1. The molecule has 0 spiro atoms. The van der Waals surface area contributed by atoms with E-state index in [1.807, 2.05) is 23.1 Å². The average Bonchev–Trinajstić information content (AvgIpc) is 2.90. The first-order valence-corrected chi connectivity index (χ1v) is 12.4. The Kier molecular flexibility index (Phi) is 6.77. The first-order chi connectivity index (χ1) is 17.1. The minimum atomic E-state index is -0.510. The van der Waals surface area contributed by atoms with E-state index in [1.54, 1.807) is 18.3 Å². The monoisotopic (exact) mass is 474 g/mol. The molecule has 2 aliphatic heterocycles. The number of nitrogens with zero attached hydrogens (tertiary/aromatic N) is 3. The summed E-state index contributed by atoms with van der Waals surface area (Å²) in [5, 5.41) is 0. The third kappa shape index (κ3) is 4.91. The van der Waals surface area contributed by atoms with E-state index in [0.717, 1.165) is 41.6 Å². The third-order valence-electron chi connectivity index (χ3n) is 7.36. The number of benzene rings is 2. The third-order valence-corrected chi connectivity index (χ3v) is 7.36. The van der Waals surface area contributed by atoms with Crippen LogP contribution in [-0.2, 0) is 16.0 Å². The second kappa shape index (κ2) is 10.1. The van der Waals surface area contributed by atoms with Crippen molar-refractivity contribution in [3.63, 3.8) is 0 Å². The molecule has 2 aromatic carbocycles. The molecule has 3 heterocycles. The van der Waals surface area contributed by atoms with Crippen molar-refractivity contribution in [1.29, 1.82) is 0 Å². The standard InChI is InChI=1S/C28H31FN4O2/c29-22-11-9-21(10-12-22)23-19-31-27(30)32-25(23)24-8-4-5-15-33(24)26(34)28(13-16-35-17-14-28)18-20-6-2-1-3-7-20/h1-3,6-7,9-12,19,24H,4-5,8,13-18H2,(H2,30,31,32)/t24-/m1/s1. The summed E-state index contributed by atoms with van der Waals surface area (Å²) in [6.07, 6.45) is 6.52. The maximum absolute atomic E-state index is 14.4. The van der Waals surface area contributed by atoms with Crippen molar-refractivity contribution >= 4 is 11.9 Å². The van der Waals surface area contributed by atoms with Crippen molar-refractivity contribution in [2.45, 2.75) is 44.6 Å². The van der Waals surface area contributed by atoms with Gasteiger partial charge in [0.1, 0.15) is 5.82 Å². The highest BCUT2D eigenvalue weighted by molar-refractivity contribution is 5.84. The Bertz CT molecular complexity index is 1160. The number of piperidine rings is 1. The molecule has 2 fully saturated rings. The zero-order valence-corrected chi connectivity index (χ0v) is 19.8. The number of hydrogen-bond acceptors (Lipinski definition) is 5. The number of amides is 1. The SMILES string of the molecule is Nc1ncc(-c2ccc(F)cc2)c([C@H]2CCCCN2C(=O)C2(Cc3ccccc3)CCOCC2)n1. The van der Waals surface area contributed by atoms with Crippen LogP contribution >= 0.6 is 0 Å².